The fraction of sp³-hybridized carbons (Fsp3) is 0.538. The van der Waals surface area contributed by atoms with E-state index in [-0.39, 0.29) is 11.0 Å². The van der Waals surface area contributed by atoms with Gasteiger partial charge >= 0.3 is 0 Å². The molecule has 0 aromatic heterocycles. The number of hydrogen-bond donors (Lipinski definition) is 0. The number of nitrogens with zero attached hydrogens (tertiary/aromatic N) is 1. The third-order valence-corrected chi connectivity index (χ3v) is 2.77. The summed E-state index contributed by atoms with van der Waals surface area (Å²) in [7, 11) is 0. The lowest BCUT2D eigenvalue weighted by Crippen LogP contribution is -2.19. The first-order valence-corrected chi connectivity index (χ1v) is 5.91. The van der Waals surface area contributed by atoms with Crippen LogP contribution in [0.5, 0.6) is 0 Å². The Balaban J connectivity index is 2.31. The van der Waals surface area contributed by atoms with Gasteiger partial charge in [0.15, 0.2) is 0 Å². The zero-order valence-electron chi connectivity index (χ0n) is 9.76. The minimum Gasteiger partial charge on any atom is -0.264 e. The summed E-state index contributed by atoms with van der Waals surface area (Å²) in [6.45, 7) is 1.99. The molecule has 0 fully saturated rings. The maximum Gasteiger partial charge on any atom is 0.213 e. The predicted octanol–water partition coefficient (Wildman–Crippen LogP) is 3.45. The molecule has 0 aliphatic carbocycles. The van der Waals surface area contributed by atoms with Crippen LogP contribution in [0.1, 0.15) is 38.2 Å². The number of nitro groups is 1. The molecule has 3 nitrogen and oxygen atoms in total. The molecule has 1 rings (SSSR count). The topological polar surface area (TPSA) is 43.1 Å². The zero-order chi connectivity index (χ0) is 11.8. The van der Waals surface area contributed by atoms with Gasteiger partial charge in [-0.2, -0.15) is 0 Å². The number of rotatable bonds is 7. The Morgan fingerprint density at radius 2 is 1.94 bits per heavy atom. The first-order chi connectivity index (χ1) is 7.74. The van der Waals surface area contributed by atoms with E-state index in [9.17, 15) is 10.1 Å². The van der Waals surface area contributed by atoms with Crippen molar-refractivity contribution in [3.63, 3.8) is 0 Å². The molecule has 1 aromatic carbocycles. The van der Waals surface area contributed by atoms with Gasteiger partial charge in [-0.25, -0.2) is 0 Å². The Morgan fingerprint density at radius 1 is 1.25 bits per heavy atom. The molecule has 88 valence electrons. The van der Waals surface area contributed by atoms with E-state index in [1.54, 1.807) is 0 Å². The van der Waals surface area contributed by atoms with Crippen LogP contribution in [0.15, 0.2) is 30.3 Å². The summed E-state index contributed by atoms with van der Waals surface area (Å²) in [6.07, 6.45) is 4.11. The number of hydrogen-bond acceptors (Lipinski definition) is 2. The molecule has 0 spiro atoms. The van der Waals surface area contributed by atoms with Crippen LogP contribution >= 0.6 is 0 Å². The third-order valence-electron chi connectivity index (χ3n) is 2.77. The van der Waals surface area contributed by atoms with Crippen molar-refractivity contribution in [1.29, 1.82) is 0 Å². The molecule has 0 saturated heterocycles. The van der Waals surface area contributed by atoms with Crippen LogP contribution in [0.3, 0.4) is 0 Å². The van der Waals surface area contributed by atoms with Crippen LogP contribution in [0.4, 0.5) is 0 Å². The van der Waals surface area contributed by atoms with Gasteiger partial charge in [-0.15, -0.1) is 0 Å². The van der Waals surface area contributed by atoms with Crippen LogP contribution in [-0.2, 0) is 6.42 Å². The Kier molecular flexibility index (Phi) is 5.54. The molecule has 0 bridgehead atoms. The molecule has 0 amide bonds. The van der Waals surface area contributed by atoms with E-state index < -0.39 is 0 Å². The summed E-state index contributed by atoms with van der Waals surface area (Å²) in [6, 6.07) is 9.79. The van der Waals surface area contributed by atoms with Crippen LogP contribution in [0, 0.1) is 10.1 Å². The molecule has 0 aliphatic rings. The van der Waals surface area contributed by atoms with Crippen molar-refractivity contribution in [3.05, 3.63) is 46.0 Å². The second-order valence-corrected chi connectivity index (χ2v) is 4.11. The first kappa shape index (κ1) is 12.7. The van der Waals surface area contributed by atoms with Gasteiger partial charge in [0.05, 0.1) is 0 Å². The van der Waals surface area contributed by atoms with Crippen molar-refractivity contribution in [2.45, 2.75) is 45.1 Å². The summed E-state index contributed by atoms with van der Waals surface area (Å²) < 4.78 is 0. The van der Waals surface area contributed by atoms with Crippen molar-refractivity contribution in [2.24, 2.45) is 0 Å². The summed E-state index contributed by atoms with van der Waals surface area (Å²) in [5, 5.41) is 10.7. The summed E-state index contributed by atoms with van der Waals surface area (Å²) in [5.41, 5.74) is 1.26. The molecular weight excluding hydrogens is 202 g/mol. The summed E-state index contributed by atoms with van der Waals surface area (Å²) in [4.78, 5) is 10.6. The van der Waals surface area contributed by atoms with Gasteiger partial charge < -0.3 is 0 Å². The smallest absolute Gasteiger partial charge is 0.213 e. The lowest BCUT2D eigenvalue weighted by molar-refractivity contribution is -0.524. The Hall–Kier alpha value is -1.38. The van der Waals surface area contributed by atoms with Crippen LogP contribution in [0.25, 0.3) is 0 Å². The van der Waals surface area contributed by atoms with Crippen molar-refractivity contribution in [2.75, 3.05) is 0 Å². The Bertz CT molecular complexity index is 311. The zero-order valence-corrected chi connectivity index (χ0v) is 9.76. The molecule has 0 saturated carbocycles. The van der Waals surface area contributed by atoms with Gasteiger partial charge in [0.1, 0.15) is 0 Å². The van der Waals surface area contributed by atoms with Crippen LogP contribution in [-0.4, -0.2) is 11.0 Å². The third kappa shape index (κ3) is 4.43. The molecule has 1 unspecified atom stereocenters. The minimum atomic E-state index is -0.353. The molecule has 0 heterocycles. The highest BCUT2D eigenvalue weighted by Crippen LogP contribution is 2.11. The average molecular weight is 221 g/mol. The van der Waals surface area contributed by atoms with Crippen molar-refractivity contribution < 1.29 is 4.92 Å². The summed E-state index contributed by atoms with van der Waals surface area (Å²) >= 11 is 0. The molecule has 0 aliphatic heterocycles. The van der Waals surface area contributed by atoms with E-state index in [2.05, 4.69) is 12.1 Å². The minimum absolute atomic E-state index is 0.130. The molecule has 16 heavy (non-hydrogen) atoms. The molecule has 3 heteroatoms. The molecular formula is C13H19NO2. The Labute approximate surface area is 96.6 Å². The normalized spacial score (nSPS) is 12.3. The maximum atomic E-state index is 10.7. The number of benzene rings is 1. The van der Waals surface area contributed by atoms with Gasteiger partial charge in [0.25, 0.3) is 0 Å². The summed E-state index contributed by atoms with van der Waals surface area (Å²) in [5.74, 6) is 0. The lowest BCUT2D eigenvalue weighted by Gasteiger charge is -2.07. The van der Waals surface area contributed by atoms with Crippen LogP contribution < -0.4 is 0 Å². The lowest BCUT2D eigenvalue weighted by atomic mass is 10.0. The van der Waals surface area contributed by atoms with E-state index in [1.165, 1.54) is 5.56 Å². The van der Waals surface area contributed by atoms with Crippen molar-refractivity contribution in [3.8, 4) is 0 Å². The van der Waals surface area contributed by atoms with Gasteiger partial charge in [-0.3, -0.25) is 10.1 Å². The van der Waals surface area contributed by atoms with Gasteiger partial charge in [-0.05, 0) is 24.8 Å². The second kappa shape index (κ2) is 6.99. The van der Waals surface area contributed by atoms with E-state index in [4.69, 9.17) is 0 Å². The molecule has 1 atom stereocenters. The largest absolute Gasteiger partial charge is 0.264 e. The highest BCUT2D eigenvalue weighted by molar-refractivity contribution is 5.14. The monoisotopic (exact) mass is 221 g/mol. The quantitative estimate of drug-likeness (QED) is 0.522. The van der Waals surface area contributed by atoms with Gasteiger partial charge in [-0.1, -0.05) is 37.3 Å². The maximum absolute atomic E-state index is 10.7. The van der Waals surface area contributed by atoms with E-state index in [0.717, 1.165) is 19.3 Å². The standard InChI is InChI=1S/C13H19NO2/c1-2-7-13(14(15)16)11-6-10-12-8-4-3-5-9-12/h3-5,8-9,13H,2,6-7,10-11H2,1H3. The fourth-order valence-electron chi connectivity index (χ4n) is 1.87. The van der Waals surface area contributed by atoms with Crippen molar-refractivity contribution in [1.82, 2.24) is 0 Å². The second-order valence-electron chi connectivity index (χ2n) is 4.11. The van der Waals surface area contributed by atoms with E-state index in [1.807, 2.05) is 25.1 Å². The molecule has 0 radical (unpaired) electrons. The first-order valence-electron chi connectivity index (χ1n) is 5.91. The highest BCUT2D eigenvalue weighted by Gasteiger charge is 2.17. The van der Waals surface area contributed by atoms with E-state index >= 15 is 0 Å². The van der Waals surface area contributed by atoms with Crippen LogP contribution in [0.2, 0.25) is 0 Å². The van der Waals surface area contributed by atoms with E-state index in [0.29, 0.717) is 12.8 Å². The SMILES string of the molecule is CCCC(CCCc1ccccc1)[N+](=O)[O-]. The fourth-order valence-corrected chi connectivity index (χ4v) is 1.87. The molecule has 0 N–H and O–H groups in total. The number of aryl methyl sites for hydroxylation is 1. The van der Waals surface area contributed by atoms with Gasteiger partial charge in [0, 0.05) is 17.8 Å². The Morgan fingerprint density at radius 3 is 2.50 bits per heavy atom. The average Bonchev–Trinajstić information content (AvgIpc) is 2.29. The highest BCUT2D eigenvalue weighted by atomic mass is 16.6. The van der Waals surface area contributed by atoms with Crippen molar-refractivity contribution >= 4 is 0 Å². The molecule has 1 aromatic rings. The van der Waals surface area contributed by atoms with Gasteiger partial charge in [0.2, 0.25) is 6.04 Å². The predicted molar refractivity (Wildman–Crippen MR) is 65.1 cm³/mol.